The minimum atomic E-state index is -0.992. The third-order valence-corrected chi connectivity index (χ3v) is 5.50. The molecule has 0 amide bonds. The summed E-state index contributed by atoms with van der Waals surface area (Å²) in [6.07, 6.45) is 7.29. The number of ether oxygens (including phenoxy) is 1. The van der Waals surface area contributed by atoms with Crippen molar-refractivity contribution in [2.75, 3.05) is 11.9 Å². The van der Waals surface area contributed by atoms with Crippen molar-refractivity contribution in [3.8, 4) is 0 Å². The van der Waals surface area contributed by atoms with Gasteiger partial charge < -0.3 is 25.8 Å². The summed E-state index contributed by atoms with van der Waals surface area (Å²) in [6.45, 7) is 2.20. The summed E-state index contributed by atoms with van der Waals surface area (Å²) < 4.78 is 21.4. The maximum Gasteiger partial charge on any atom is 0.354 e. The van der Waals surface area contributed by atoms with Crippen LogP contribution >= 0.6 is 0 Å². The predicted molar refractivity (Wildman–Crippen MR) is 125 cm³/mol. The Balaban J connectivity index is 1.49. The van der Waals surface area contributed by atoms with Gasteiger partial charge in [0.15, 0.2) is 0 Å². The van der Waals surface area contributed by atoms with Crippen molar-refractivity contribution < 1.29 is 19.0 Å². The molecule has 2 unspecified atom stereocenters. The van der Waals surface area contributed by atoms with Crippen LogP contribution in [0.2, 0.25) is 0 Å². The molecule has 1 aliphatic carbocycles. The number of rotatable bonds is 8. The van der Waals surface area contributed by atoms with Crippen molar-refractivity contribution in [2.45, 2.75) is 38.5 Å². The van der Waals surface area contributed by atoms with Crippen LogP contribution in [0.4, 0.5) is 10.3 Å². The number of allylic oxidation sites excluding steroid dienone is 1. The Kier molecular flexibility index (Phi) is 6.99. The van der Waals surface area contributed by atoms with Crippen molar-refractivity contribution in [3.05, 3.63) is 92.7 Å². The summed E-state index contributed by atoms with van der Waals surface area (Å²) in [4.78, 5) is 40.6. The van der Waals surface area contributed by atoms with Crippen molar-refractivity contribution in [1.29, 1.82) is 0 Å². The molecule has 0 fully saturated rings. The molecule has 2 heterocycles. The van der Waals surface area contributed by atoms with E-state index in [1.807, 2.05) is 0 Å². The molecule has 4 N–H and O–H groups in total. The highest BCUT2D eigenvalue weighted by Crippen LogP contribution is 2.18. The molecule has 1 aliphatic heterocycles. The van der Waals surface area contributed by atoms with Gasteiger partial charge in [0.25, 0.3) is 0 Å². The van der Waals surface area contributed by atoms with Crippen LogP contribution in [0.1, 0.15) is 18.9 Å². The highest BCUT2D eigenvalue weighted by molar-refractivity contribution is 5.74. The van der Waals surface area contributed by atoms with Crippen LogP contribution in [0.25, 0.3) is 0 Å². The molecule has 4 rings (SSSR count). The lowest BCUT2D eigenvalue weighted by molar-refractivity contribution is -0.139. The van der Waals surface area contributed by atoms with E-state index in [-0.39, 0.29) is 43.3 Å². The fourth-order valence-electron chi connectivity index (χ4n) is 3.64. The van der Waals surface area contributed by atoms with Gasteiger partial charge in [0.2, 0.25) is 11.8 Å². The van der Waals surface area contributed by atoms with Crippen LogP contribution < -0.4 is 27.3 Å². The molecule has 0 radical (unpaired) electrons. The van der Waals surface area contributed by atoms with E-state index in [0.717, 1.165) is 4.57 Å². The molecule has 12 heteroatoms. The van der Waals surface area contributed by atoms with Crippen LogP contribution in [0.15, 0.2) is 69.9 Å². The summed E-state index contributed by atoms with van der Waals surface area (Å²) in [7, 11) is 0. The number of halogens is 1. The highest BCUT2D eigenvalue weighted by Gasteiger charge is 2.23. The normalized spacial score (nSPS) is 19.1. The summed E-state index contributed by atoms with van der Waals surface area (Å²) in [5, 5.41) is 17.9. The second kappa shape index (κ2) is 10.3. The zero-order valence-corrected chi connectivity index (χ0v) is 18.9. The van der Waals surface area contributed by atoms with Crippen LogP contribution in [0, 0.1) is 5.82 Å². The molecule has 1 aromatic heterocycles. The van der Waals surface area contributed by atoms with Crippen molar-refractivity contribution in [3.63, 3.8) is 0 Å². The zero-order valence-electron chi connectivity index (χ0n) is 18.9. The number of hydrogen-bond acceptors (Lipinski definition) is 8. The lowest BCUT2D eigenvalue weighted by atomic mass is 10.1. The molecule has 1 aromatic carbocycles. The molecular formula is C23H25FN6O5. The van der Waals surface area contributed by atoms with Gasteiger partial charge in [0.05, 0.1) is 18.8 Å². The average molecular weight is 484 g/mol. The van der Waals surface area contributed by atoms with Crippen LogP contribution in [-0.2, 0) is 22.6 Å². The standard InChI is InChI=1S/C23H25FN6O5/c1-2-29-22(33)28-21(30(23(29)34)13-14-3-5-15(24)6-4-14)26-16-7-9-17(10-8-16)35-19-12-25-11-18(27-19)20(31)32/h3-7,9-10,12,16,18,25,27H,2,8,11,13H2,1H3,(H,31,32)(H,26,28,33). The first-order valence-electron chi connectivity index (χ1n) is 11.1. The average Bonchev–Trinajstić information content (AvgIpc) is 2.84. The number of nitrogens with one attached hydrogen (secondary N) is 3. The van der Waals surface area contributed by atoms with Gasteiger partial charge in [0, 0.05) is 13.1 Å². The molecule has 35 heavy (non-hydrogen) atoms. The predicted octanol–water partition coefficient (Wildman–Crippen LogP) is 0.698. The van der Waals surface area contributed by atoms with Crippen molar-refractivity contribution in [1.82, 2.24) is 24.8 Å². The molecule has 11 nitrogen and oxygen atoms in total. The first kappa shape index (κ1) is 23.8. The van der Waals surface area contributed by atoms with Crippen molar-refractivity contribution >= 4 is 11.9 Å². The monoisotopic (exact) mass is 484 g/mol. The Hall–Kier alpha value is -4.35. The Morgan fingerprint density at radius 3 is 2.71 bits per heavy atom. The molecule has 2 aliphatic rings. The van der Waals surface area contributed by atoms with Crippen LogP contribution in [0.3, 0.4) is 0 Å². The number of benzene rings is 1. The number of carboxylic acid groups (broad SMARTS) is 1. The number of aliphatic carboxylic acids is 1. The van der Waals surface area contributed by atoms with E-state index in [1.165, 1.54) is 16.7 Å². The van der Waals surface area contributed by atoms with Crippen LogP contribution in [-0.4, -0.2) is 43.8 Å². The lowest BCUT2D eigenvalue weighted by Gasteiger charge is -2.25. The first-order valence-corrected chi connectivity index (χ1v) is 11.1. The summed E-state index contributed by atoms with van der Waals surface area (Å²) in [5.74, 6) is -0.488. The fourth-order valence-corrected chi connectivity index (χ4v) is 3.64. The molecule has 0 saturated heterocycles. The van der Waals surface area contributed by atoms with E-state index in [1.54, 1.807) is 43.5 Å². The summed E-state index contributed by atoms with van der Waals surface area (Å²) >= 11 is 0. The van der Waals surface area contributed by atoms with Gasteiger partial charge in [-0.15, -0.1) is 0 Å². The number of carboxylic acids is 1. The number of carbonyl (C=O) groups is 1. The highest BCUT2D eigenvalue weighted by atomic mass is 19.1. The number of nitrogens with zero attached hydrogens (tertiary/aromatic N) is 3. The SMILES string of the molecule is CCn1c(=O)nc(NC2C=CC(OC3=CNCC(C(=O)O)N3)=CC2)n(Cc2ccc(F)cc2)c1=O. The van der Waals surface area contributed by atoms with Gasteiger partial charge in [-0.3, -0.25) is 4.57 Å². The molecular weight excluding hydrogens is 459 g/mol. The lowest BCUT2D eigenvalue weighted by Crippen LogP contribution is -2.47. The fraction of sp³-hybridized carbons (Fsp3) is 0.304. The number of hydrogen-bond donors (Lipinski definition) is 4. The molecule has 0 saturated carbocycles. The number of aromatic nitrogens is 3. The number of anilines is 1. The third-order valence-electron chi connectivity index (χ3n) is 5.50. The Bertz CT molecular complexity index is 1310. The van der Waals surface area contributed by atoms with E-state index in [9.17, 15) is 18.8 Å². The Labute approximate surface area is 199 Å². The smallest absolute Gasteiger partial charge is 0.354 e. The van der Waals surface area contributed by atoms with E-state index < -0.39 is 23.4 Å². The molecule has 2 aromatic rings. The van der Waals surface area contributed by atoms with Gasteiger partial charge in [-0.25, -0.2) is 23.3 Å². The topological polar surface area (TPSA) is 140 Å². The maximum atomic E-state index is 13.3. The minimum Gasteiger partial charge on any atom is -0.480 e. The first-order chi connectivity index (χ1) is 16.8. The van der Waals surface area contributed by atoms with Gasteiger partial charge >= 0.3 is 17.3 Å². The molecule has 0 spiro atoms. The molecule has 0 bridgehead atoms. The zero-order chi connectivity index (χ0) is 24.9. The summed E-state index contributed by atoms with van der Waals surface area (Å²) in [5.41, 5.74) is -0.504. The quantitative estimate of drug-likeness (QED) is 0.426. The van der Waals surface area contributed by atoms with Gasteiger partial charge in [-0.2, -0.15) is 4.98 Å². The second-order valence-corrected chi connectivity index (χ2v) is 7.96. The Morgan fingerprint density at radius 2 is 2.06 bits per heavy atom. The van der Waals surface area contributed by atoms with Crippen LogP contribution in [0.5, 0.6) is 0 Å². The third kappa shape index (κ3) is 5.60. The second-order valence-electron chi connectivity index (χ2n) is 7.96. The maximum absolute atomic E-state index is 13.3. The molecule has 184 valence electrons. The van der Waals surface area contributed by atoms with Gasteiger partial charge in [0.1, 0.15) is 17.6 Å². The molecule has 2 atom stereocenters. The van der Waals surface area contributed by atoms with E-state index >= 15 is 0 Å². The van der Waals surface area contributed by atoms with Gasteiger partial charge in [-0.05, 0) is 43.2 Å². The largest absolute Gasteiger partial charge is 0.480 e. The van der Waals surface area contributed by atoms with E-state index in [2.05, 4.69) is 20.9 Å². The summed E-state index contributed by atoms with van der Waals surface area (Å²) in [6, 6.07) is 4.65. The van der Waals surface area contributed by atoms with E-state index in [0.29, 0.717) is 17.7 Å². The van der Waals surface area contributed by atoms with Gasteiger partial charge in [-0.1, -0.05) is 18.2 Å². The van der Waals surface area contributed by atoms with Crippen molar-refractivity contribution in [2.24, 2.45) is 0 Å². The van der Waals surface area contributed by atoms with E-state index in [4.69, 9.17) is 9.84 Å². The Morgan fingerprint density at radius 1 is 1.29 bits per heavy atom. The minimum absolute atomic E-state index is 0.103.